The van der Waals surface area contributed by atoms with Crippen molar-refractivity contribution >= 4 is 16.2 Å². The molecule has 0 aliphatic heterocycles. The summed E-state index contributed by atoms with van der Waals surface area (Å²) in [5, 5.41) is 3.34. The van der Waals surface area contributed by atoms with Crippen molar-refractivity contribution in [2.75, 3.05) is 5.73 Å². The van der Waals surface area contributed by atoms with Gasteiger partial charge in [-0.1, -0.05) is 9.00 Å². The molecule has 0 spiro atoms. The number of azide groups is 1. The van der Waals surface area contributed by atoms with Gasteiger partial charge in [0.2, 0.25) is 0 Å². The highest BCUT2D eigenvalue weighted by molar-refractivity contribution is 7.81. The van der Waals surface area contributed by atoms with Crippen LogP contribution in [0.5, 0.6) is 5.75 Å². The van der Waals surface area contributed by atoms with Crippen molar-refractivity contribution in [3.05, 3.63) is 33.2 Å². The van der Waals surface area contributed by atoms with Crippen molar-refractivity contribution in [3.8, 4) is 5.75 Å². The van der Waals surface area contributed by atoms with Crippen LogP contribution in [0.1, 0.15) is 16.7 Å². The molecule has 9 heteroatoms. The standard InChI is InChI=1S/C9H11FN4O3S/c1-5-7(4-13-14-12)3-8(11)6(2)9(5)17-18(10,15)16/h3H,4,11H2,1-2H3. The van der Waals surface area contributed by atoms with E-state index in [1.807, 2.05) is 0 Å². The molecule has 18 heavy (non-hydrogen) atoms. The molecule has 0 unspecified atom stereocenters. The van der Waals surface area contributed by atoms with Gasteiger partial charge in [-0.05, 0) is 36.6 Å². The maximum absolute atomic E-state index is 12.6. The van der Waals surface area contributed by atoms with E-state index in [0.29, 0.717) is 16.7 Å². The summed E-state index contributed by atoms with van der Waals surface area (Å²) in [5.41, 5.74) is 15.2. The third-order valence-corrected chi connectivity index (χ3v) is 2.78. The largest absolute Gasteiger partial charge is 0.488 e. The quantitative estimate of drug-likeness (QED) is 0.298. The highest BCUT2D eigenvalue weighted by atomic mass is 32.3. The molecular weight excluding hydrogens is 263 g/mol. The van der Waals surface area contributed by atoms with Crippen LogP contribution in [0.3, 0.4) is 0 Å². The van der Waals surface area contributed by atoms with E-state index in [4.69, 9.17) is 11.3 Å². The van der Waals surface area contributed by atoms with Gasteiger partial charge in [-0.25, -0.2) is 0 Å². The zero-order chi connectivity index (χ0) is 13.9. The number of nitrogens with zero attached hydrogens (tertiary/aromatic N) is 3. The molecule has 0 aromatic heterocycles. The smallest absolute Gasteiger partial charge is 0.398 e. The third-order valence-electron chi connectivity index (χ3n) is 2.41. The Morgan fingerprint density at radius 1 is 1.50 bits per heavy atom. The van der Waals surface area contributed by atoms with Crippen LogP contribution in [0.25, 0.3) is 10.4 Å². The molecular formula is C9H11FN4O3S. The molecule has 2 N–H and O–H groups in total. The number of hydrogen-bond acceptors (Lipinski definition) is 5. The van der Waals surface area contributed by atoms with Gasteiger partial charge >= 0.3 is 10.5 Å². The molecule has 0 aliphatic rings. The van der Waals surface area contributed by atoms with Crippen molar-refractivity contribution in [2.24, 2.45) is 5.11 Å². The molecule has 0 bridgehead atoms. The van der Waals surface area contributed by atoms with Crippen LogP contribution in [0.2, 0.25) is 0 Å². The minimum atomic E-state index is -5.14. The summed E-state index contributed by atoms with van der Waals surface area (Å²) in [6.07, 6.45) is 0. The van der Waals surface area contributed by atoms with Crippen LogP contribution in [0, 0.1) is 13.8 Å². The van der Waals surface area contributed by atoms with E-state index in [9.17, 15) is 12.3 Å². The van der Waals surface area contributed by atoms with E-state index >= 15 is 0 Å². The van der Waals surface area contributed by atoms with Gasteiger partial charge < -0.3 is 9.92 Å². The molecule has 1 aromatic rings. The zero-order valence-electron chi connectivity index (χ0n) is 9.71. The van der Waals surface area contributed by atoms with Gasteiger partial charge in [0, 0.05) is 16.2 Å². The van der Waals surface area contributed by atoms with E-state index in [-0.39, 0.29) is 18.0 Å². The van der Waals surface area contributed by atoms with Crippen LogP contribution < -0.4 is 9.92 Å². The van der Waals surface area contributed by atoms with Gasteiger partial charge in [0.25, 0.3) is 0 Å². The van der Waals surface area contributed by atoms with E-state index < -0.39 is 10.5 Å². The minimum absolute atomic E-state index is 0.0322. The van der Waals surface area contributed by atoms with Gasteiger partial charge in [-0.3, -0.25) is 0 Å². The number of hydrogen-bond donors (Lipinski definition) is 1. The Bertz CT molecular complexity index is 623. The van der Waals surface area contributed by atoms with Crippen molar-refractivity contribution in [3.63, 3.8) is 0 Å². The fourth-order valence-electron chi connectivity index (χ4n) is 1.46. The number of nitrogen functional groups attached to an aromatic ring is 1. The second-order valence-corrected chi connectivity index (χ2v) is 4.52. The molecule has 0 aliphatic carbocycles. The molecule has 0 saturated heterocycles. The lowest BCUT2D eigenvalue weighted by Gasteiger charge is -2.13. The minimum Gasteiger partial charge on any atom is -0.398 e. The Hall–Kier alpha value is -1.99. The Labute approximate surface area is 103 Å². The Morgan fingerprint density at radius 2 is 2.11 bits per heavy atom. The first-order valence-corrected chi connectivity index (χ1v) is 6.10. The van der Waals surface area contributed by atoms with Crippen LogP contribution in [-0.2, 0) is 17.0 Å². The van der Waals surface area contributed by atoms with Crippen molar-refractivity contribution in [1.82, 2.24) is 0 Å². The monoisotopic (exact) mass is 274 g/mol. The fraction of sp³-hybridized carbons (Fsp3) is 0.333. The molecule has 1 rings (SSSR count). The van der Waals surface area contributed by atoms with Gasteiger partial charge in [0.05, 0.1) is 6.54 Å². The Kier molecular flexibility index (Phi) is 4.00. The first kappa shape index (κ1) is 14.1. The molecule has 0 fully saturated rings. The Balaban J connectivity index is 3.39. The summed E-state index contributed by atoms with van der Waals surface area (Å²) in [6, 6.07) is 1.52. The highest BCUT2D eigenvalue weighted by Crippen LogP contribution is 2.32. The van der Waals surface area contributed by atoms with Crippen molar-refractivity contribution in [1.29, 1.82) is 0 Å². The van der Waals surface area contributed by atoms with Crippen LogP contribution in [0.15, 0.2) is 11.2 Å². The lowest BCUT2D eigenvalue weighted by atomic mass is 10.0. The molecule has 0 atom stereocenters. The predicted octanol–water partition coefficient (Wildman–Crippen LogP) is 2.29. The van der Waals surface area contributed by atoms with E-state index in [2.05, 4.69) is 14.2 Å². The van der Waals surface area contributed by atoms with Gasteiger partial charge in [-0.2, -0.15) is 8.42 Å². The summed E-state index contributed by atoms with van der Waals surface area (Å²) >= 11 is 0. The predicted molar refractivity (Wildman–Crippen MR) is 63.8 cm³/mol. The first-order chi connectivity index (χ1) is 8.26. The number of halogens is 1. The van der Waals surface area contributed by atoms with Crippen molar-refractivity contribution < 1.29 is 16.5 Å². The van der Waals surface area contributed by atoms with Crippen LogP contribution in [0.4, 0.5) is 9.57 Å². The summed E-state index contributed by atoms with van der Waals surface area (Å²) < 4.78 is 37.9. The van der Waals surface area contributed by atoms with E-state index in [0.717, 1.165) is 0 Å². The maximum atomic E-state index is 12.6. The molecule has 98 valence electrons. The third kappa shape index (κ3) is 3.25. The van der Waals surface area contributed by atoms with Crippen molar-refractivity contribution in [2.45, 2.75) is 20.4 Å². The summed E-state index contributed by atoms with van der Waals surface area (Å²) in [7, 11) is -5.14. The maximum Gasteiger partial charge on any atom is 0.488 e. The molecule has 0 amide bonds. The average molecular weight is 274 g/mol. The van der Waals surface area contributed by atoms with Crippen LogP contribution >= 0.6 is 0 Å². The molecule has 0 saturated carbocycles. The second kappa shape index (κ2) is 5.11. The normalized spacial score (nSPS) is 10.8. The van der Waals surface area contributed by atoms with E-state index in [1.165, 1.54) is 19.9 Å². The first-order valence-electron chi connectivity index (χ1n) is 4.79. The molecule has 0 radical (unpaired) electrons. The molecule has 7 nitrogen and oxygen atoms in total. The van der Waals surface area contributed by atoms with Gasteiger partial charge in [-0.15, -0.1) is 0 Å². The zero-order valence-corrected chi connectivity index (χ0v) is 10.5. The number of nitrogens with two attached hydrogens (primary N) is 1. The SMILES string of the molecule is Cc1c(N)cc(CN=[N+]=[N-])c(C)c1OS(=O)(=O)F. The number of anilines is 1. The second-order valence-electron chi connectivity index (χ2n) is 3.57. The lowest BCUT2D eigenvalue weighted by molar-refractivity contribution is 0.437. The molecule has 0 heterocycles. The van der Waals surface area contributed by atoms with E-state index in [1.54, 1.807) is 0 Å². The topological polar surface area (TPSA) is 118 Å². The molecule has 1 aromatic carbocycles. The van der Waals surface area contributed by atoms with Crippen LogP contribution in [-0.4, -0.2) is 8.42 Å². The lowest BCUT2D eigenvalue weighted by Crippen LogP contribution is -2.07. The summed E-state index contributed by atoms with van der Waals surface area (Å²) in [5.74, 6) is -0.180. The Morgan fingerprint density at radius 3 is 2.61 bits per heavy atom. The van der Waals surface area contributed by atoms with Gasteiger partial charge in [0.1, 0.15) is 0 Å². The average Bonchev–Trinajstić information content (AvgIpc) is 2.26. The number of rotatable bonds is 4. The van der Waals surface area contributed by atoms with Gasteiger partial charge in [0.15, 0.2) is 5.75 Å². The summed E-state index contributed by atoms with van der Waals surface area (Å²) in [4.78, 5) is 2.58. The highest BCUT2D eigenvalue weighted by Gasteiger charge is 2.18. The number of benzene rings is 1. The summed E-state index contributed by atoms with van der Waals surface area (Å²) in [6.45, 7) is 2.99. The fourth-order valence-corrected chi connectivity index (χ4v) is 1.91.